The van der Waals surface area contributed by atoms with E-state index in [9.17, 15) is 4.79 Å². The van der Waals surface area contributed by atoms with Gasteiger partial charge in [-0.05, 0) is 6.07 Å². The summed E-state index contributed by atoms with van der Waals surface area (Å²) in [4.78, 5) is 21.5. The number of hydrogen-bond donors (Lipinski definition) is 1. The van der Waals surface area contributed by atoms with Crippen molar-refractivity contribution in [3.63, 3.8) is 0 Å². The Hall–Kier alpha value is -2.25. The van der Waals surface area contributed by atoms with E-state index in [0.29, 0.717) is 17.3 Å². The molecule has 2 amide bonds. The number of carbonyl (C=O) groups excluding carboxylic acids is 1. The Kier molecular flexibility index (Phi) is 5.46. The second-order valence-electron chi connectivity index (χ2n) is 4.34. The summed E-state index contributed by atoms with van der Waals surface area (Å²) < 4.78 is 10.3. The largest absolute Gasteiger partial charge is 0.495 e. The van der Waals surface area contributed by atoms with Crippen LogP contribution in [0, 0.1) is 0 Å². The van der Waals surface area contributed by atoms with E-state index in [1.54, 1.807) is 13.1 Å². The van der Waals surface area contributed by atoms with Crippen LogP contribution in [0.25, 0.3) is 0 Å². The Morgan fingerprint density at radius 1 is 1.22 bits per heavy atom. The molecule has 2 aromatic rings. The highest BCUT2D eigenvalue weighted by Crippen LogP contribution is 2.44. The van der Waals surface area contributed by atoms with Gasteiger partial charge in [-0.25, -0.2) is 14.8 Å². The third kappa shape index (κ3) is 3.57. The van der Waals surface area contributed by atoms with Crippen LogP contribution in [-0.4, -0.2) is 37.3 Å². The first kappa shape index (κ1) is 17.1. The third-order valence-electron chi connectivity index (χ3n) is 3.02. The molecule has 0 aliphatic carbocycles. The lowest BCUT2D eigenvalue weighted by Gasteiger charge is -2.19. The third-order valence-corrected chi connectivity index (χ3v) is 3.77. The zero-order valence-corrected chi connectivity index (χ0v) is 14.1. The van der Waals surface area contributed by atoms with Gasteiger partial charge in [0, 0.05) is 19.3 Å². The molecule has 0 atom stereocenters. The van der Waals surface area contributed by atoms with Crippen molar-refractivity contribution >= 4 is 40.7 Å². The Labute approximate surface area is 143 Å². The summed E-state index contributed by atoms with van der Waals surface area (Å²) in [5, 5.41) is 2.97. The standard InChI is InChI=1S/C14H14Cl2N4O3/c1-20(10-4-5-17-7-18-10)14(21)19-13-11(15)8(22-2)6-9(23-3)12(13)16/h4-7H,1-3H3,(H,19,21). The molecular formula is C14H14Cl2N4O3. The molecule has 0 radical (unpaired) electrons. The van der Waals surface area contributed by atoms with E-state index in [4.69, 9.17) is 32.7 Å². The van der Waals surface area contributed by atoms with Gasteiger partial charge in [-0.2, -0.15) is 0 Å². The zero-order valence-electron chi connectivity index (χ0n) is 12.6. The van der Waals surface area contributed by atoms with Gasteiger partial charge in [-0.15, -0.1) is 0 Å². The van der Waals surface area contributed by atoms with E-state index in [2.05, 4.69) is 15.3 Å². The molecule has 1 aromatic carbocycles. The Morgan fingerprint density at radius 3 is 2.30 bits per heavy atom. The van der Waals surface area contributed by atoms with Gasteiger partial charge < -0.3 is 14.8 Å². The highest BCUT2D eigenvalue weighted by Gasteiger charge is 2.21. The van der Waals surface area contributed by atoms with Crippen molar-refractivity contribution in [3.8, 4) is 11.5 Å². The number of nitrogens with one attached hydrogen (secondary N) is 1. The maximum Gasteiger partial charge on any atom is 0.327 e. The molecule has 7 nitrogen and oxygen atoms in total. The van der Waals surface area contributed by atoms with E-state index >= 15 is 0 Å². The lowest BCUT2D eigenvalue weighted by atomic mass is 10.2. The van der Waals surface area contributed by atoms with Gasteiger partial charge in [-0.3, -0.25) is 4.90 Å². The summed E-state index contributed by atoms with van der Waals surface area (Å²) in [6.07, 6.45) is 2.87. The molecule has 0 saturated heterocycles. The average molecular weight is 357 g/mol. The zero-order chi connectivity index (χ0) is 17.0. The minimum atomic E-state index is -0.484. The number of methoxy groups -OCH3 is 2. The van der Waals surface area contributed by atoms with Gasteiger partial charge in [0.15, 0.2) is 0 Å². The molecular weight excluding hydrogens is 343 g/mol. The normalized spacial score (nSPS) is 10.1. The van der Waals surface area contributed by atoms with Crippen molar-refractivity contribution in [2.45, 2.75) is 0 Å². The monoisotopic (exact) mass is 356 g/mol. The van der Waals surface area contributed by atoms with E-state index in [1.165, 1.54) is 37.7 Å². The predicted molar refractivity (Wildman–Crippen MR) is 89.0 cm³/mol. The van der Waals surface area contributed by atoms with E-state index < -0.39 is 6.03 Å². The molecule has 1 N–H and O–H groups in total. The summed E-state index contributed by atoms with van der Waals surface area (Å²) >= 11 is 12.4. The number of amides is 2. The number of hydrogen-bond acceptors (Lipinski definition) is 5. The predicted octanol–water partition coefficient (Wildman–Crippen LogP) is 3.47. The van der Waals surface area contributed by atoms with Crippen LogP contribution >= 0.6 is 23.2 Å². The van der Waals surface area contributed by atoms with Crippen molar-refractivity contribution in [2.75, 3.05) is 31.5 Å². The Bertz CT molecular complexity index is 685. The summed E-state index contributed by atoms with van der Waals surface area (Å²) in [6.45, 7) is 0. The summed E-state index contributed by atoms with van der Waals surface area (Å²) in [6, 6.07) is 2.64. The molecule has 0 spiro atoms. The molecule has 9 heteroatoms. The summed E-state index contributed by atoms with van der Waals surface area (Å²) in [5.74, 6) is 1.07. The number of urea groups is 1. The summed E-state index contributed by atoms with van der Waals surface area (Å²) in [7, 11) is 4.46. The van der Waals surface area contributed by atoms with Crippen molar-refractivity contribution in [2.24, 2.45) is 0 Å². The smallest absolute Gasteiger partial charge is 0.327 e. The van der Waals surface area contributed by atoms with Gasteiger partial charge in [0.25, 0.3) is 0 Å². The second-order valence-corrected chi connectivity index (χ2v) is 5.10. The fraction of sp³-hybridized carbons (Fsp3) is 0.214. The molecule has 122 valence electrons. The summed E-state index contributed by atoms with van der Waals surface area (Å²) in [5.41, 5.74) is 0.190. The fourth-order valence-electron chi connectivity index (χ4n) is 1.77. The number of carbonyl (C=O) groups is 1. The SMILES string of the molecule is COc1cc(OC)c(Cl)c(NC(=O)N(C)c2ccncn2)c1Cl. The number of anilines is 2. The maximum absolute atomic E-state index is 12.4. The first-order valence-electron chi connectivity index (χ1n) is 6.40. The van der Waals surface area contributed by atoms with Crippen LogP contribution in [0.4, 0.5) is 16.3 Å². The van der Waals surface area contributed by atoms with Crippen LogP contribution in [0.3, 0.4) is 0 Å². The number of aromatic nitrogens is 2. The lowest BCUT2D eigenvalue weighted by Crippen LogP contribution is -2.32. The van der Waals surface area contributed by atoms with Gasteiger partial charge in [0.2, 0.25) is 0 Å². The number of nitrogens with zero attached hydrogens (tertiary/aromatic N) is 3. The highest BCUT2D eigenvalue weighted by molar-refractivity contribution is 6.41. The molecule has 1 heterocycles. The Balaban J connectivity index is 2.34. The maximum atomic E-state index is 12.4. The molecule has 2 rings (SSSR count). The van der Waals surface area contributed by atoms with Crippen LogP contribution in [0.2, 0.25) is 10.0 Å². The molecule has 0 saturated carbocycles. The Morgan fingerprint density at radius 2 is 1.83 bits per heavy atom. The lowest BCUT2D eigenvalue weighted by molar-refractivity contribution is 0.258. The quantitative estimate of drug-likeness (QED) is 0.907. The van der Waals surface area contributed by atoms with Crippen LogP contribution in [0.15, 0.2) is 24.7 Å². The van der Waals surface area contributed by atoms with Crippen LogP contribution in [-0.2, 0) is 0 Å². The molecule has 1 aromatic heterocycles. The number of rotatable bonds is 4. The highest BCUT2D eigenvalue weighted by atomic mass is 35.5. The van der Waals surface area contributed by atoms with Crippen molar-refractivity contribution < 1.29 is 14.3 Å². The van der Waals surface area contributed by atoms with Gasteiger partial charge in [0.05, 0.1) is 19.9 Å². The van der Waals surface area contributed by atoms with Crippen LogP contribution in [0.1, 0.15) is 0 Å². The van der Waals surface area contributed by atoms with E-state index in [0.717, 1.165) is 0 Å². The minimum absolute atomic E-state index is 0.169. The van der Waals surface area contributed by atoms with Crippen LogP contribution in [0.5, 0.6) is 11.5 Å². The van der Waals surface area contributed by atoms with Crippen molar-refractivity contribution in [1.29, 1.82) is 0 Å². The first-order chi connectivity index (χ1) is 11.0. The van der Waals surface area contributed by atoms with E-state index in [-0.39, 0.29) is 15.7 Å². The molecule has 0 unspecified atom stereocenters. The number of halogens is 2. The topological polar surface area (TPSA) is 76.6 Å². The second kappa shape index (κ2) is 7.34. The average Bonchev–Trinajstić information content (AvgIpc) is 2.58. The molecule has 0 aliphatic rings. The number of benzene rings is 1. The fourth-order valence-corrected chi connectivity index (χ4v) is 2.37. The van der Waals surface area contributed by atoms with Crippen molar-refractivity contribution in [1.82, 2.24) is 9.97 Å². The van der Waals surface area contributed by atoms with Gasteiger partial charge >= 0.3 is 6.03 Å². The number of ether oxygens (including phenoxy) is 2. The molecule has 0 aliphatic heterocycles. The first-order valence-corrected chi connectivity index (χ1v) is 7.15. The molecule has 0 bridgehead atoms. The molecule has 0 fully saturated rings. The van der Waals surface area contributed by atoms with Crippen LogP contribution < -0.4 is 19.7 Å². The van der Waals surface area contributed by atoms with Crippen molar-refractivity contribution in [3.05, 3.63) is 34.7 Å². The molecule has 23 heavy (non-hydrogen) atoms. The van der Waals surface area contributed by atoms with E-state index in [1.807, 2.05) is 0 Å². The van der Waals surface area contributed by atoms with Gasteiger partial charge in [0.1, 0.15) is 33.7 Å². The minimum Gasteiger partial charge on any atom is -0.495 e. The van der Waals surface area contributed by atoms with Gasteiger partial charge in [-0.1, -0.05) is 23.2 Å².